The summed E-state index contributed by atoms with van der Waals surface area (Å²) in [6, 6.07) is 0. The first kappa shape index (κ1) is 22.6. The summed E-state index contributed by atoms with van der Waals surface area (Å²) in [5, 5.41) is 0. The van der Waals surface area contributed by atoms with Crippen LogP contribution in [0.15, 0.2) is 0 Å². The molecule has 5 rings (SSSR count). The second kappa shape index (κ2) is 7.77. The SMILES string of the molecule is CCC(C)(CC(C)(C)C(=O)OC1(C)C2CC3CC(C2)CC1C3)C(=O)OC1CCOC1=O. The molecule has 0 aromatic rings. The van der Waals surface area contributed by atoms with Gasteiger partial charge in [0.2, 0.25) is 6.10 Å². The number of cyclic esters (lactones) is 1. The van der Waals surface area contributed by atoms with E-state index in [1.165, 1.54) is 32.1 Å². The molecule has 31 heavy (non-hydrogen) atoms. The Labute approximate surface area is 185 Å². The molecule has 1 saturated heterocycles. The highest BCUT2D eigenvalue weighted by molar-refractivity contribution is 5.84. The average Bonchev–Trinajstić information content (AvgIpc) is 3.09. The molecule has 0 radical (unpaired) electrons. The summed E-state index contributed by atoms with van der Waals surface area (Å²) < 4.78 is 16.7. The maximum absolute atomic E-state index is 13.4. The zero-order valence-electron chi connectivity index (χ0n) is 19.7. The third-order valence-electron chi connectivity index (χ3n) is 8.87. The van der Waals surface area contributed by atoms with E-state index in [2.05, 4.69) is 6.92 Å². The van der Waals surface area contributed by atoms with Crippen molar-refractivity contribution in [2.75, 3.05) is 6.61 Å². The van der Waals surface area contributed by atoms with Crippen molar-refractivity contribution in [2.24, 2.45) is 34.5 Å². The quantitative estimate of drug-likeness (QED) is 0.435. The van der Waals surface area contributed by atoms with Crippen molar-refractivity contribution < 1.29 is 28.6 Å². The molecule has 0 spiro atoms. The van der Waals surface area contributed by atoms with Crippen LogP contribution >= 0.6 is 0 Å². The first-order chi connectivity index (χ1) is 14.5. The van der Waals surface area contributed by atoms with Crippen LogP contribution in [0.25, 0.3) is 0 Å². The third-order valence-corrected chi connectivity index (χ3v) is 8.87. The van der Waals surface area contributed by atoms with E-state index in [4.69, 9.17) is 14.2 Å². The van der Waals surface area contributed by atoms with Gasteiger partial charge in [0.15, 0.2) is 0 Å². The normalized spacial score (nSPS) is 38.5. The number of rotatable bonds is 7. The van der Waals surface area contributed by atoms with Crippen LogP contribution in [0.5, 0.6) is 0 Å². The Morgan fingerprint density at radius 3 is 2.10 bits per heavy atom. The predicted octanol–water partition coefficient (Wildman–Crippen LogP) is 4.44. The molecule has 4 aliphatic carbocycles. The summed E-state index contributed by atoms with van der Waals surface area (Å²) in [5.41, 5.74) is -2.10. The molecular formula is C25H38O6. The minimum absolute atomic E-state index is 0.227. The van der Waals surface area contributed by atoms with Crippen molar-refractivity contribution in [3.05, 3.63) is 0 Å². The van der Waals surface area contributed by atoms with Gasteiger partial charge in [-0.1, -0.05) is 6.92 Å². The van der Waals surface area contributed by atoms with Gasteiger partial charge in [-0.05, 0) is 96.3 Å². The van der Waals surface area contributed by atoms with Gasteiger partial charge in [-0.2, -0.15) is 0 Å². The lowest BCUT2D eigenvalue weighted by molar-refractivity contribution is -0.212. The number of carbonyl (C=O) groups is 3. The van der Waals surface area contributed by atoms with Gasteiger partial charge in [0.1, 0.15) is 5.60 Å². The summed E-state index contributed by atoms with van der Waals surface area (Å²) in [6.07, 6.45) is 6.43. The van der Waals surface area contributed by atoms with Crippen molar-refractivity contribution in [1.82, 2.24) is 0 Å². The standard InChI is InChI=1S/C25H38O6/c1-6-24(4,22(28)30-19-7-8-29-20(19)26)14-23(2,3)21(27)31-25(5)17-10-15-9-16(12-17)13-18(25)11-15/h15-19H,6-14H2,1-5H3. The number of hydrogen-bond donors (Lipinski definition) is 0. The molecule has 1 heterocycles. The van der Waals surface area contributed by atoms with E-state index in [-0.39, 0.29) is 12.6 Å². The largest absolute Gasteiger partial charge is 0.463 e. The van der Waals surface area contributed by atoms with E-state index in [9.17, 15) is 14.4 Å². The molecule has 0 amide bonds. The Morgan fingerprint density at radius 1 is 1.03 bits per heavy atom. The van der Waals surface area contributed by atoms with Crippen LogP contribution in [0.4, 0.5) is 0 Å². The second-order valence-corrected chi connectivity index (χ2v) is 11.7. The Balaban J connectivity index is 1.43. The molecule has 2 unspecified atom stereocenters. The number of carbonyl (C=O) groups excluding carboxylic acids is 3. The molecule has 0 aromatic carbocycles. The number of hydrogen-bond acceptors (Lipinski definition) is 6. The minimum atomic E-state index is -0.879. The second-order valence-electron chi connectivity index (χ2n) is 11.7. The van der Waals surface area contributed by atoms with Crippen molar-refractivity contribution in [3.63, 3.8) is 0 Å². The highest BCUT2D eigenvalue weighted by Gasteiger charge is 2.58. The topological polar surface area (TPSA) is 78.9 Å². The van der Waals surface area contributed by atoms with Gasteiger partial charge in [-0.25, -0.2) is 4.79 Å². The Kier molecular flexibility index (Phi) is 5.66. The molecule has 4 saturated carbocycles. The smallest absolute Gasteiger partial charge is 0.347 e. The van der Waals surface area contributed by atoms with Crippen LogP contribution in [-0.2, 0) is 28.6 Å². The molecule has 1 aliphatic heterocycles. The molecule has 0 N–H and O–H groups in total. The van der Waals surface area contributed by atoms with Crippen LogP contribution < -0.4 is 0 Å². The van der Waals surface area contributed by atoms with Crippen LogP contribution in [0, 0.1) is 34.5 Å². The first-order valence-electron chi connectivity index (χ1n) is 12.1. The van der Waals surface area contributed by atoms with E-state index < -0.39 is 34.5 Å². The summed E-state index contributed by atoms with van der Waals surface area (Å²) in [4.78, 5) is 38.1. The summed E-state index contributed by atoms with van der Waals surface area (Å²) in [5.74, 6) is 1.38. The molecule has 174 valence electrons. The molecule has 0 aromatic heterocycles. The van der Waals surface area contributed by atoms with Gasteiger partial charge in [0, 0.05) is 6.42 Å². The lowest BCUT2D eigenvalue weighted by Gasteiger charge is -2.59. The average molecular weight is 435 g/mol. The van der Waals surface area contributed by atoms with Crippen molar-refractivity contribution in [3.8, 4) is 0 Å². The van der Waals surface area contributed by atoms with Crippen molar-refractivity contribution in [1.29, 1.82) is 0 Å². The maximum atomic E-state index is 13.4. The van der Waals surface area contributed by atoms with Gasteiger partial charge in [0.05, 0.1) is 17.4 Å². The van der Waals surface area contributed by atoms with Crippen LogP contribution in [-0.4, -0.2) is 36.2 Å². The zero-order chi connectivity index (χ0) is 22.6. The summed E-state index contributed by atoms with van der Waals surface area (Å²) in [7, 11) is 0. The molecule has 4 bridgehead atoms. The summed E-state index contributed by atoms with van der Waals surface area (Å²) >= 11 is 0. The molecule has 5 fully saturated rings. The molecule has 6 nitrogen and oxygen atoms in total. The monoisotopic (exact) mass is 434 g/mol. The van der Waals surface area contributed by atoms with Gasteiger partial charge >= 0.3 is 17.9 Å². The van der Waals surface area contributed by atoms with E-state index in [1.807, 2.05) is 27.7 Å². The fourth-order valence-corrected chi connectivity index (χ4v) is 6.87. The van der Waals surface area contributed by atoms with Crippen LogP contribution in [0.2, 0.25) is 0 Å². The molecular weight excluding hydrogens is 396 g/mol. The van der Waals surface area contributed by atoms with Crippen LogP contribution in [0.3, 0.4) is 0 Å². The van der Waals surface area contributed by atoms with Gasteiger partial charge in [-0.3, -0.25) is 9.59 Å². The van der Waals surface area contributed by atoms with E-state index in [1.54, 1.807) is 0 Å². The molecule has 6 heteroatoms. The number of esters is 3. The lowest BCUT2D eigenvalue weighted by Crippen LogP contribution is -2.59. The fourth-order valence-electron chi connectivity index (χ4n) is 6.87. The van der Waals surface area contributed by atoms with Crippen molar-refractivity contribution in [2.45, 2.75) is 97.7 Å². The Bertz CT molecular complexity index is 727. The van der Waals surface area contributed by atoms with E-state index in [0.29, 0.717) is 31.1 Å². The molecule has 5 aliphatic rings. The Morgan fingerprint density at radius 2 is 1.61 bits per heavy atom. The maximum Gasteiger partial charge on any atom is 0.347 e. The predicted molar refractivity (Wildman–Crippen MR) is 114 cm³/mol. The minimum Gasteiger partial charge on any atom is -0.463 e. The Hall–Kier alpha value is -1.59. The van der Waals surface area contributed by atoms with Crippen molar-refractivity contribution >= 4 is 17.9 Å². The highest BCUT2D eigenvalue weighted by Crippen LogP contribution is 2.60. The zero-order valence-corrected chi connectivity index (χ0v) is 19.7. The summed E-state index contributed by atoms with van der Waals surface area (Å²) in [6.45, 7) is 9.87. The fraction of sp³-hybridized carbons (Fsp3) is 0.880. The van der Waals surface area contributed by atoms with Gasteiger partial charge < -0.3 is 14.2 Å². The lowest BCUT2D eigenvalue weighted by atomic mass is 9.50. The molecule has 2 atom stereocenters. The highest BCUT2D eigenvalue weighted by atomic mass is 16.6. The number of ether oxygens (including phenoxy) is 3. The van der Waals surface area contributed by atoms with Gasteiger partial charge in [-0.15, -0.1) is 0 Å². The first-order valence-corrected chi connectivity index (χ1v) is 12.1. The van der Waals surface area contributed by atoms with Gasteiger partial charge in [0.25, 0.3) is 0 Å². The van der Waals surface area contributed by atoms with E-state index >= 15 is 0 Å². The van der Waals surface area contributed by atoms with Crippen LogP contribution in [0.1, 0.15) is 86.0 Å². The van der Waals surface area contributed by atoms with E-state index in [0.717, 1.165) is 11.8 Å². The third kappa shape index (κ3) is 4.00.